The molecule has 4 unspecified atom stereocenters. The van der Waals surface area contributed by atoms with Gasteiger partial charge in [-0.15, -0.1) is 0 Å². The number of hydrogen-bond acceptors (Lipinski definition) is 3. The van der Waals surface area contributed by atoms with E-state index in [1.165, 1.54) is 71.6 Å². The van der Waals surface area contributed by atoms with E-state index >= 15 is 0 Å². The summed E-state index contributed by atoms with van der Waals surface area (Å²) in [6.07, 6.45) is 7.84. The highest BCUT2D eigenvalue weighted by Gasteiger charge is 2.53. The number of benzene rings is 6. The first-order valence-corrected chi connectivity index (χ1v) is 18.8. The number of aromatic nitrogens is 3. The van der Waals surface area contributed by atoms with E-state index in [1.54, 1.807) is 5.56 Å². The van der Waals surface area contributed by atoms with E-state index < -0.39 is 0 Å². The maximum Gasteiger partial charge on any atom is 0.164 e. The van der Waals surface area contributed by atoms with Gasteiger partial charge in [-0.25, -0.2) is 15.0 Å². The first-order valence-electron chi connectivity index (χ1n) is 18.8. The molecule has 2 saturated carbocycles. The van der Waals surface area contributed by atoms with Crippen molar-refractivity contribution in [2.75, 3.05) is 0 Å². The van der Waals surface area contributed by atoms with Gasteiger partial charge in [0.05, 0.1) is 0 Å². The third-order valence-corrected chi connectivity index (χ3v) is 12.4. The van der Waals surface area contributed by atoms with Crippen molar-refractivity contribution in [3.05, 3.63) is 151 Å². The summed E-state index contributed by atoms with van der Waals surface area (Å²) >= 11 is 0. The van der Waals surface area contributed by atoms with Gasteiger partial charge in [-0.05, 0) is 118 Å². The highest BCUT2D eigenvalue weighted by Crippen LogP contribution is 2.63. The smallest absolute Gasteiger partial charge is 0.164 e. The first kappa shape index (κ1) is 30.4. The Morgan fingerprint density at radius 1 is 0.510 bits per heavy atom. The van der Waals surface area contributed by atoms with Crippen molar-refractivity contribution in [1.29, 1.82) is 0 Å². The fraction of sp³-hybridized carbons (Fsp3) is 0.229. The Labute approximate surface area is 300 Å². The largest absolute Gasteiger partial charge is 0.208 e. The monoisotopic (exact) mass is 659 g/mol. The van der Waals surface area contributed by atoms with E-state index in [1.807, 2.05) is 6.07 Å². The van der Waals surface area contributed by atoms with E-state index in [9.17, 15) is 0 Å². The van der Waals surface area contributed by atoms with Crippen LogP contribution < -0.4 is 0 Å². The van der Waals surface area contributed by atoms with Crippen molar-refractivity contribution >= 4 is 10.8 Å². The van der Waals surface area contributed by atoms with Crippen molar-refractivity contribution in [3.63, 3.8) is 0 Å². The van der Waals surface area contributed by atoms with E-state index in [4.69, 9.17) is 15.0 Å². The van der Waals surface area contributed by atoms with Gasteiger partial charge in [0.1, 0.15) is 0 Å². The third kappa shape index (κ3) is 5.05. The molecular weight excluding hydrogens is 619 g/mol. The molecule has 1 spiro atoms. The number of rotatable bonds is 5. The second-order valence-electron chi connectivity index (χ2n) is 15.2. The van der Waals surface area contributed by atoms with Gasteiger partial charge in [-0.2, -0.15) is 0 Å². The Balaban J connectivity index is 1.16. The summed E-state index contributed by atoms with van der Waals surface area (Å²) in [5.74, 6) is 4.42. The van der Waals surface area contributed by atoms with E-state index in [0.29, 0.717) is 17.6 Å². The summed E-state index contributed by atoms with van der Waals surface area (Å²) < 4.78 is 0. The zero-order valence-electron chi connectivity index (χ0n) is 29.1. The number of nitrogens with zero attached hydrogens (tertiary/aromatic N) is 3. The van der Waals surface area contributed by atoms with Crippen LogP contribution in [0.3, 0.4) is 0 Å². The molecule has 2 fully saturated rings. The van der Waals surface area contributed by atoms with Crippen LogP contribution in [0.5, 0.6) is 0 Å². The molecule has 51 heavy (non-hydrogen) atoms. The highest BCUT2D eigenvalue weighted by atomic mass is 15.0. The molecule has 2 bridgehead atoms. The van der Waals surface area contributed by atoms with Gasteiger partial charge < -0.3 is 0 Å². The molecule has 0 N–H and O–H groups in total. The van der Waals surface area contributed by atoms with Gasteiger partial charge in [0.15, 0.2) is 17.5 Å². The fourth-order valence-electron chi connectivity index (χ4n) is 9.96. The molecule has 0 radical (unpaired) electrons. The summed E-state index contributed by atoms with van der Waals surface area (Å²) in [6.45, 7) is 2.40. The Kier molecular flexibility index (Phi) is 7.23. The predicted molar refractivity (Wildman–Crippen MR) is 209 cm³/mol. The molecule has 7 aromatic rings. The molecular formula is C48H41N3. The van der Waals surface area contributed by atoms with Crippen LogP contribution in [0.25, 0.3) is 67.2 Å². The summed E-state index contributed by atoms with van der Waals surface area (Å²) in [5.41, 5.74) is 11.2. The minimum Gasteiger partial charge on any atom is -0.208 e. The quantitative estimate of drug-likeness (QED) is 0.185. The van der Waals surface area contributed by atoms with Crippen LogP contribution >= 0.6 is 0 Å². The van der Waals surface area contributed by atoms with Crippen LogP contribution in [-0.2, 0) is 5.41 Å². The molecule has 10 rings (SSSR count). The number of fused-ring (bicyclic) bond motifs is 9. The summed E-state index contributed by atoms with van der Waals surface area (Å²) in [6, 6.07) is 50.5. The van der Waals surface area contributed by atoms with Crippen LogP contribution in [-0.4, -0.2) is 15.0 Å². The molecule has 248 valence electrons. The molecule has 3 aliphatic rings. The SMILES string of the molecule is CCC1CC2CCC3(c4cc(-c5nc(-c6ccccc6)nc(-c6cccc(-c7ccccc7)c6)n5)ccc4-c4cc5ccccc5cc43)C(C1)C2. The Bertz CT molecular complexity index is 2420. The predicted octanol–water partition coefficient (Wildman–Crippen LogP) is 12.2. The molecule has 4 atom stereocenters. The topological polar surface area (TPSA) is 38.7 Å². The lowest BCUT2D eigenvalue weighted by molar-refractivity contribution is 0.0778. The average molecular weight is 660 g/mol. The standard InChI is InChI=1S/C48H41N3/c1-2-31-24-32-22-23-48(40(25-31)26-32)43-30-39(20-21-41(43)42-28-36-16-9-10-17-37(36)29-44(42)48)47-50-45(34-14-7-4-8-15-34)49-46(51-47)38-19-11-18-35(27-38)33-12-5-3-6-13-33/h3-21,27-32,40H,2,22-26H2,1H3. The minimum atomic E-state index is 0.0111. The van der Waals surface area contributed by atoms with Gasteiger partial charge in [-0.3, -0.25) is 0 Å². The van der Waals surface area contributed by atoms with Crippen molar-refractivity contribution < 1.29 is 0 Å². The Morgan fingerprint density at radius 3 is 1.86 bits per heavy atom. The van der Waals surface area contributed by atoms with Crippen molar-refractivity contribution in [3.8, 4) is 56.4 Å². The molecule has 1 aromatic heterocycles. The summed E-state index contributed by atoms with van der Waals surface area (Å²) in [4.78, 5) is 15.5. The van der Waals surface area contributed by atoms with Crippen molar-refractivity contribution in [1.82, 2.24) is 15.0 Å². The zero-order chi connectivity index (χ0) is 33.9. The Morgan fingerprint density at radius 2 is 1.12 bits per heavy atom. The van der Waals surface area contributed by atoms with Crippen LogP contribution in [0, 0.1) is 17.8 Å². The lowest BCUT2D eigenvalue weighted by Crippen LogP contribution is -2.44. The zero-order valence-corrected chi connectivity index (χ0v) is 29.1. The van der Waals surface area contributed by atoms with Crippen LogP contribution in [0.4, 0.5) is 0 Å². The third-order valence-electron chi connectivity index (χ3n) is 12.4. The van der Waals surface area contributed by atoms with Crippen LogP contribution in [0.2, 0.25) is 0 Å². The van der Waals surface area contributed by atoms with E-state index in [0.717, 1.165) is 39.9 Å². The maximum atomic E-state index is 5.25. The Hall–Kier alpha value is -5.41. The van der Waals surface area contributed by atoms with E-state index in [2.05, 4.69) is 140 Å². The second kappa shape index (κ2) is 12.1. The van der Waals surface area contributed by atoms with Crippen LogP contribution in [0.15, 0.2) is 140 Å². The molecule has 3 aliphatic carbocycles. The van der Waals surface area contributed by atoms with Gasteiger partial charge in [0.2, 0.25) is 0 Å². The summed E-state index contributed by atoms with van der Waals surface area (Å²) in [7, 11) is 0. The molecule has 1 heterocycles. The molecule has 0 amide bonds. The lowest BCUT2D eigenvalue weighted by atomic mass is 9.53. The van der Waals surface area contributed by atoms with Gasteiger partial charge >= 0.3 is 0 Å². The first-order chi connectivity index (χ1) is 25.2. The van der Waals surface area contributed by atoms with E-state index in [-0.39, 0.29) is 5.41 Å². The van der Waals surface area contributed by atoms with Gasteiger partial charge in [0.25, 0.3) is 0 Å². The molecule has 0 saturated heterocycles. The van der Waals surface area contributed by atoms with Gasteiger partial charge in [0, 0.05) is 22.1 Å². The molecule has 0 aliphatic heterocycles. The van der Waals surface area contributed by atoms with Gasteiger partial charge in [-0.1, -0.05) is 129 Å². The lowest BCUT2D eigenvalue weighted by Gasteiger charge is -2.51. The molecule has 6 aromatic carbocycles. The summed E-state index contributed by atoms with van der Waals surface area (Å²) in [5, 5.41) is 2.67. The highest BCUT2D eigenvalue weighted by molar-refractivity contribution is 5.94. The molecule has 3 heteroatoms. The second-order valence-corrected chi connectivity index (χ2v) is 15.2. The normalized spacial score (nSPS) is 21.8. The van der Waals surface area contributed by atoms with Crippen LogP contribution in [0.1, 0.15) is 56.6 Å². The maximum absolute atomic E-state index is 5.25. The van der Waals surface area contributed by atoms with Crippen molar-refractivity contribution in [2.24, 2.45) is 17.8 Å². The average Bonchev–Trinajstić information content (AvgIpc) is 3.47. The van der Waals surface area contributed by atoms with Crippen molar-refractivity contribution in [2.45, 2.75) is 50.9 Å². The minimum absolute atomic E-state index is 0.0111. The fourth-order valence-corrected chi connectivity index (χ4v) is 9.96. The number of hydrogen-bond donors (Lipinski definition) is 0. The molecule has 3 nitrogen and oxygen atoms in total.